The molecular formula is C29H31BrO5. The Balaban J connectivity index is 1.69. The third-order valence-corrected chi connectivity index (χ3v) is 5.86. The number of hydrogen-bond donors (Lipinski definition) is 0. The Morgan fingerprint density at radius 2 is 1.54 bits per heavy atom. The second kappa shape index (κ2) is 13.7. The van der Waals surface area contributed by atoms with E-state index >= 15 is 0 Å². The molecule has 3 aromatic carbocycles. The Bertz CT molecular complexity index is 1100. The van der Waals surface area contributed by atoms with E-state index in [4.69, 9.17) is 18.9 Å². The lowest BCUT2D eigenvalue weighted by molar-refractivity contribution is -0.151. The summed E-state index contributed by atoms with van der Waals surface area (Å²) in [7, 11) is 3.01. The van der Waals surface area contributed by atoms with Gasteiger partial charge in [-0.1, -0.05) is 89.6 Å². The molecule has 0 aliphatic rings. The van der Waals surface area contributed by atoms with Crippen LogP contribution in [0.5, 0.6) is 11.5 Å². The lowest BCUT2D eigenvalue weighted by Gasteiger charge is -2.17. The molecule has 0 saturated carbocycles. The van der Waals surface area contributed by atoms with Gasteiger partial charge in [0.15, 0.2) is 17.6 Å². The van der Waals surface area contributed by atoms with Gasteiger partial charge in [0.2, 0.25) is 0 Å². The van der Waals surface area contributed by atoms with E-state index in [0.29, 0.717) is 31.1 Å². The third-order valence-electron chi connectivity index (χ3n) is 5.40. The zero-order valence-electron chi connectivity index (χ0n) is 20.3. The topological polar surface area (TPSA) is 54.0 Å². The van der Waals surface area contributed by atoms with Crippen LogP contribution in [0.1, 0.15) is 23.6 Å². The van der Waals surface area contributed by atoms with Gasteiger partial charge in [-0.15, -0.1) is 0 Å². The molecule has 0 heterocycles. The largest absolute Gasteiger partial charge is 0.493 e. The van der Waals surface area contributed by atoms with Crippen LogP contribution in [0.3, 0.4) is 0 Å². The summed E-state index contributed by atoms with van der Waals surface area (Å²) in [5.74, 6) is 1.05. The molecular weight excluding hydrogens is 508 g/mol. The highest BCUT2D eigenvalue weighted by Gasteiger charge is 2.18. The van der Waals surface area contributed by atoms with Crippen molar-refractivity contribution in [1.29, 1.82) is 0 Å². The Morgan fingerprint density at radius 3 is 2.14 bits per heavy atom. The van der Waals surface area contributed by atoms with E-state index in [-0.39, 0.29) is 5.92 Å². The minimum Gasteiger partial charge on any atom is -0.493 e. The maximum absolute atomic E-state index is 12.2. The van der Waals surface area contributed by atoms with E-state index in [1.54, 1.807) is 13.2 Å². The summed E-state index contributed by atoms with van der Waals surface area (Å²) in [4.78, 5) is 12.2. The van der Waals surface area contributed by atoms with Gasteiger partial charge in [-0.05, 0) is 47.2 Å². The molecule has 6 heteroatoms. The fourth-order valence-corrected chi connectivity index (χ4v) is 4.12. The molecule has 3 aromatic rings. The van der Waals surface area contributed by atoms with Crippen LogP contribution in [0.25, 0.3) is 0 Å². The van der Waals surface area contributed by atoms with Gasteiger partial charge in [0.1, 0.15) is 6.61 Å². The molecule has 5 nitrogen and oxygen atoms in total. The number of rotatable bonds is 12. The highest BCUT2D eigenvalue weighted by atomic mass is 79.9. The maximum atomic E-state index is 12.2. The smallest absolute Gasteiger partial charge is 0.339 e. The standard InChI is InChI=1S/C29H31BrO5/c1-21(14-15-26(29(31)33-3)34-19-22-10-6-4-7-11-22)16-24-17-25(30)18-27(28(24)32-2)35-20-23-12-8-5-9-13-23/h4-15,17-18,21,26H,16,19-20H2,1-3H3/t21-,26-/m0/s1. The van der Waals surface area contributed by atoms with E-state index in [2.05, 4.69) is 22.9 Å². The molecule has 0 radical (unpaired) electrons. The van der Waals surface area contributed by atoms with Crippen LogP contribution in [0, 0.1) is 5.92 Å². The molecule has 0 amide bonds. The van der Waals surface area contributed by atoms with Crippen molar-refractivity contribution in [2.45, 2.75) is 32.7 Å². The summed E-state index contributed by atoms with van der Waals surface area (Å²) in [6.07, 6.45) is 3.64. The predicted octanol–water partition coefficient (Wildman–Crippen LogP) is 6.53. The fraction of sp³-hybridized carbons (Fsp3) is 0.276. The molecule has 0 unspecified atom stereocenters. The van der Waals surface area contributed by atoms with E-state index in [0.717, 1.165) is 21.2 Å². The van der Waals surface area contributed by atoms with Crippen molar-refractivity contribution in [2.75, 3.05) is 14.2 Å². The molecule has 0 saturated heterocycles. The first-order valence-corrected chi connectivity index (χ1v) is 12.2. The average molecular weight is 539 g/mol. The molecule has 0 N–H and O–H groups in total. The Labute approximate surface area is 215 Å². The first-order chi connectivity index (χ1) is 17.0. The van der Waals surface area contributed by atoms with Crippen LogP contribution in [-0.2, 0) is 33.9 Å². The number of ether oxygens (including phenoxy) is 4. The summed E-state index contributed by atoms with van der Waals surface area (Å²) >= 11 is 3.59. The predicted molar refractivity (Wildman–Crippen MR) is 141 cm³/mol. The first-order valence-electron chi connectivity index (χ1n) is 11.4. The van der Waals surface area contributed by atoms with Crippen molar-refractivity contribution >= 4 is 21.9 Å². The molecule has 0 bridgehead atoms. The van der Waals surface area contributed by atoms with Crippen LogP contribution in [0.4, 0.5) is 0 Å². The number of carbonyl (C=O) groups excluding carboxylic acids is 1. The van der Waals surface area contributed by atoms with Gasteiger partial charge in [0.05, 0.1) is 20.8 Å². The molecule has 0 aliphatic carbocycles. The number of benzene rings is 3. The lowest BCUT2D eigenvalue weighted by atomic mass is 9.99. The van der Waals surface area contributed by atoms with Crippen molar-refractivity contribution in [2.24, 2.45) is 5.92 Å². The minimum absolute atomic E-state index is 0.104. The normalized spacial score (nSPS) is 12.8. The summed E-state index contributed by atoms with van der Waals surface area (Å²) in [5, 5.41) is 0. The minimum atomic E-state index is -0.781. The molecule has 0 spiro atoms. The van der Waals surface area contributed by atoms with Gasteiger partial charge in [0, 0.05) is 4.47 Å². The molecule has 184 valence electrons. The van der Waals surface area contributed by atoms with Crippen molar-refractivity contribution in [3.63, 3.8) is 0 Å². The Morgan fingerprint density at radius 1 is 0.914 bits per heavy atom. The lowest BCUT2D eigenvalue weighted by Crippen LogP contribution is -2.23. The van der Waals surface area contributed by atoms with Crippen LogP contribution >= 0.6 is 15.9 Å². The SMILES string of the molecule is COC(=O)[C@H](C=C[C@H](C)Cc1cc(Br)cc(OCc2ccccc2)c1OC)OCc1ccccc1. The summed E-state index contributed by atoms with van der Waals surface area (Å²) in [5.41, 5.74) is 3.07. The Kier molecular flexibility index (Phi) is 10.4. The zero-order chi connectivity index (χ0) is 25.0. The van der Waals surface area contributed by atoms with Gasteiger partial charge in [-0.25, -0.2) is 4.79 Å². The van der Waals surface area contributed by atoms with Crippen LogP contribution in [0.2, 0.25) is 0 Å². The highest BCUT2D eigenvalue weighted by Crippen LogP contribution is 2.36. The second-order valence-electron chi connectivity index (χ2n) is 8.18. The number of esters is 1. The molecule has 0 aromatic heterocycles. The van der Waals surface area contributed by atoms with Gasteiger partial charge in [-0.2, -0.15) is 0 Å². The summed E-state index contributed by atoms with van der Waals surface area (Å²) < 4.78 is 23.5. The Hall–Kier alpha value is -3.09. The van der Waals surface area contributed by atoms with Gasteiger partial charge < -0.3 is 18.9 Å². The van der Waals surface area contributed by atoms with Crippen molar-refractivity contribution in [3.8, 4) is 11.5 Å². The second-order valence-corrected chi connectivity index (χ2v) is 9.09. The van der Waals surface area contributed by atoms with Crippen LogP contribution in [-0.4, -0.2) is 26.3 Å². The summed E-state index contributed by atoms with van der Waals surface area (Å²) in [6, 6.07) is 23.7. The quantitative estimate of drug-likeness (QED) is 0.194. The fourth-order valence-electron chi connectivity index (χ4n) is 3.63. The van der Waals surface area contributed by atoms with Crippen molar-refractivity contribution < 1.29 is 23.7 Å². The monoisotopic (exact) mass is 538 g/mol. The van der Waals surface area contributed by atoms with E-state index < -0.39 is 12.1 Å². The molecule has 35 heavy (non-hydrogen) atoms. The van der Waals surface area contributed by atoms with Crippen LogP contribution in [0.15, 0.2) is 89.4 Å². The number of allylic oxidation sites excluding steroid dienone is 1. The molecule has 2 atom stereocenters. The molecule has 0 aliphatic heterocycles. The van der Waals surface area contributed by atoms with E-state index in [1.807, 2.05) is 78.9 Å². The van der Waals surface area contributed by atoms with Gasteiger partial charge >= 0.3 is 5.97 Å². The molecule has 3 rings (SSSR count). The summed E-state index contributed by atoms with van der Waals surface area (Å²) in [6.45, 7) is 2.84. The van der Waals surface area contributed by atoms with E-state index in [9.17, 15) is 4.79 Å². The zero-order valence-corrected chi connectivity index (χ0v) is 21.9. The number of methoxy groups -OCH3 is 2. The molecule has 0 fully saturated rings. The number of carbonyl (C=O) groups is 1. The first kappa shape index (κ1) is 26.5. The number of halogens is 1. The van der Waals surface area contributed by atoms with Crippen LogP contribution < -0.4 is 9.47 Å². The maximum Gasteiger partial charge on any atom is 0.339 e. The van der Waals surface area contributed by atoms with Crippen molar-refractivity contribution in [3.05, 3.63) is 106 Å². The average Bonchev–Trinajstić information content (AvgIpc) is 2.88. The number of hydrogen-bond acceptors (Lipinski definition) is 5. The van der Waals surface area contributed by atoms with Crippen molar-refractivity contribution in [1.82, 2.24) is 0 Å². The van der Waals surface area contributed by atoms with Gasteiger partial charge in [0.25, 0.3) is 0 Å². The highest BCUT2D eigenvalue weighted by molar-refractivity contribution is 9.10. The van der Waals surface area contributed by atoms with Gasteiger partial charge in [-0.3, -0.25) is 0 Å². The third kappa shape index (κ3) is 8.26. The van der Waals surface area contributed by atoms with E-state index in [1.165, 1.54) is 7.11 Å².